The first-order valence-electron chi connectivity index (χ1n) is 6.44. The van der Waals surface area contributed by atoms with Crippen molar-refractivity contribution >= 4 is 0 Å². The van der Waals surface area contributed by atoms with Gasteiger partial charge in [0.2, 0.25) is 0 Å². The fourth-order valence-electron chi connectivity index (χ4n) is 1.85. The van der Waals surface area contributed by atoms with Crippen LogP contribution in [0.15, 0.2) is 18.2 Å². The van der Waals surface area contributed by atoms with E-state index in [1.165, 1.54) is 20.0 Å². The maximum absolute atomic E-state index is 12.3. The highest BCUT2D eigenvalue weighted by molar-refractivity contribution is 5.43. The number of rotatable bonds is 8. The molecule has 106 valence electrons. The number of benzene rings is 1. The minimum atomic E-state index is -2.84. The lowest BCUT2D eigenvalue weighted by molar-refractivity contribution is -0.0512. The number of nitrogens with zero attached hydrogens (tertiary/aromatic N) is 1. The fourth-order valence-corrected chi connectivity index (χ4v) is 1.85. The molecule has 3 nitrogen and oxygen atoms in total. The van der Waals surface area contributed by atoms with E-state index in [2.05, 4.69) is 10.1 Å². The van der Waals surface area contributed by atoms with Gasteiger partial charge in [0.25, 0.3) is 0 Å². The summed E-state index contributed by atoms with van der Waals surface area (Å²) in [6, 6.07) is 5.09. The highest BCUT2D eigenvalue weighted by atomic mass is 19.3. The summed E-state index contributed by atoms with van der Waals surface area (Å²) in [5, 5.41) is 4.44. The van der Waals surface area contributed by atoms with Crippen molar-refractivity contribution in [1.82, 2.24) is 0 Å². The van der Waals surface area contributed by atoms with Gasteiger partial charge in [-0.3, -0.25) is 0 Å². The summed E-state index contributed by atoms with van der Waals surface area (Å²) in [5.41, 5.74) is 0.927. The van der Waals surface area contributed by atoms with Crippen LogP contribution in [-0.2, 0) is 6.42 Å². The number of hydrogen-bond acceptors (Lipinski definition) is 2. The normalized spacial score (nSPS) is 14.7. The van der Waals surface area contributed by atoms with Gasteiger partial charge in [-0.25, -0.2) is 0 Å². The number of hydrogen-bond donors (Lipinski definition) is 0. The van der Waals surface area contributed by atoms with E-state index in [1.54, 1.807) is 12.1 Å². The summed E-state index contributed by atoms with van der Waals surface area (Å²) in [6.07, 6.45) is 3.31. The smallest absolute Gasteiger partial charge is 0.387 e. The third-order valence-corrected chi connectivity index (χ3v) is 3.09. The van der Waals surface area contributed by atoms with Crippen LogP contribution in [0.5, 0.6) is 11.5 Å². The SMILES string of the molecule is COc1ccc(CC[N-]CC2CC2)cc1OC(F)F. The molecule has 19 heavy (non-hydrogen) atoms. The minimum Gasteiger partial charge on any atom is -0.662 e. The van der Waals surface area contributed by atoms with Crippen LogP contribution in [0.3, 0.4) is 0 Å². The van der Waals surface area contributed by atoms with Crippen LogP contribution in [-0.4, -0.2) is 26.8 Å². The van der Waals surface area contributed by atoms with Gasteiger partial charge in [0.1, 0.15) is 0 Å². The van der Waals surface area contributed by atoms with E-state index in [9.17, 15) is 8.78 Å². The van der Waals surface area contributed by atoms with Crippen LogP contribution >= 0.6 is 0 Å². The largest absolute Gasteiger partial charge is 0.662 e. The zero-order valence-electron chi connectivity index (χ0n) is 10.9. The Morgan fingerprint density at radius 3 is 2.74 bits per heavy atom. The number of halogens is 2. The van der Waals surface area contributed by atoms with Crippen molar-refractivity contribution in [1.29, 1.82) is 0 Å². The van der Waals surface area contributed by atoms with E-state index < -0.39 is 6.61 Å². The highest BCUT2D eigenvalue weighted by Gasteiger charge is 2.15. The molecule has 2 rings (SSSR count). The minimum absolute atomic E-state index is 0.0807. The second kappa shape index (κ2) is 6.70. The zero-order chi connectivity index (χ0) is 13.7. The van der Waals surface area contributed by atoms with E-state index in [4.69, 9.17) is 4.74 Å². The van der Waals surface area contributed by atoms with Crippen molar-refractivity contribution in [3.63, 3.8) is 0 Å². The third-order valence-electron chi connectivity index (χ3n) is 3.09. The van der Waals surface area contributed by atoms with Crippen LogP contribution in [0.1, 0.15) is 18.4 Å². The molecule has 0 unspecified atom stereocenters. The molecule has 0 spiro atoms. The molecular formula is C14H18F2NO2-. The summed E-state index contributed by atoms with van der Waals surface area (Å²) < 4.78 is 34.0. The lowest BCUT2D eigenvalue weighted by Gasteiger charge is -2.18. The Morgan fingerprint density at radius 1 is 1.32 bits per heavy atom. The lowest BCUT2D eigenvalue weighted by Crippen LogP contribution is -2.04. The molecule has 1 aromatic carbocycles. The standard InChI is InChI=1S/C14H18F2NO2/c1-18-12-5-4-10(8-13(12)19-14(15)16)6-7-17-9-11-2-3-11/h4-5,8,11,14H,2-3,6-7,9H2,1H3/q-1. The second-order valence-corrected chi connectivity index (χ2v) is 4.69. The molecule has 1 fully saturated rings. The summed E-state index contributed by atoms with van der Waals surface area (Å²) >= 11 is 0. The molecule has 1 aliphatic carbocycles. The van der Waals surface area contributed by atoms with Crippen molar-refractivity contribution in [3.8, 4) is 11.5 Å². The number of ether oxygens (including phenoxy) is 2. The molecule has 0 amide bonds. The molecule has 1 aliphatic rings. The van der Waals surface area contributed by atoms with Gasteiger partial charge < -0.3 is 14.8 Å². The van der Waals surface area contributed by atoms with Crippen molar-refractivity contribution in [2.24, 2.45) is 5.92 Å². The topological polar surface area (TPSA) is 32.6 Å². The van der Waals surface area contributed by atoms with Gasteiger partial charge in [0.15, 0.2) is 11.5 Å². The van der Waals surface area contributed by atoms with Gasteiger partial charge in [-0.15, -0.1) is 13.1 Å². The molecule has 0 aliphatic heterocycles. The molecule has 0 bridgehead atoms. The van der Waals surface area contributed by atoms with Crippen molar-refractivity contribution in [3.05, 3.63) is 29.1 Å². The van der Waals surface area contributed by atoms with E-state index in [0.29, 0.717) is 5.75 Å². The second-order valence-electron chi connectivity index (χ2n) is 4.69. The molecule has 5 heteroatoms. The summed E-state index contributed by atoms with van der Waals surface area (Å²) in [6.45, 7) is -1.20. The van der Waals surface area contributed by atoms with Gasteiger partial charge in [0, 0.05) is 0 Å². The van der Waals surface area contributed by atoms with Crippen LogP contribution in [0.2, 0.25) is 0 Å². The summed E-state index contributed by atoms with van der Waals surface area (Å²) in [4.78, 5) is 0. The van der Waals surface area contributed by atoms with E-state index in [-0.39, 0.29) is 5.75 Å². The first-order chi connectivity index (χ1) is 9.19. The molecular weight excluding hydrogens is 252 g/mol. The van der Waals surface area contributed by atoms with Gasteiger partial charge >= 0.3 is 6.61 Å². The summed E-state index contributed by atoms with van der Waals surface area (Å²) in [7, 11) is 1.43. The van der Waals surface area contributed by atoms with Gasteiger partial charge in [-0.1, -0.05) is 24.8 Å². The molecule has 0 saturated heterocycles. The van der Waals surface area contributed by atoms with E-state index >= 15 is 0 Å². The van der Waals surface area contributed by atoms with Crippen LogP contribution in [0.25, 0.3) is 5.32 Å². The summed E-state index contributed by atoms with van der Waals surface area (Å²) in [5.74, 6) is 1.18. The lowest BCUT2D eigenvalue weighted by atomic mass is 10.1. The first-order valence-corrected chi connectivity index (χ1v) is 6.44. The number of methoxy groups -OCH3 is 1. The highest BCUT2D eigenvalue weighted by Crippen LogP contribution is 2.31. The molecule has 1 saturated carbocycles. The predicted octanol–water partition coefficient (Wildman–Crippen LogP) is 3.62. The van der Waals surface area contributed by atoms with Crippen LogP contribution in [0, 0.1) is 5.92 Å². The maximum Gasteiger partial charge on any atom is 0.387 e. The average molecular weight is 270 g/mol. The molecule has 0 radical (unpaired) electrons. The first kappa shape index (κ1) is 14.1. The predicted molar refractivity (Wildman–Crippen MR) is 69.1 cm³/mol. The molecule has 0 N–H and O–H groups in total. The van der Waals surface area contributed by atoms with E-state index in [0.717, 1.165) is 31.0 Å². The maximum atomic E-state index is 12.3. The Labute approximate surface area is 111 Å². The van der Waals surface area contributed by atoms with Crippen molar-refractivity contribution in [2.75, 3.05) is 20.2 Å². The Bertz CT molecular complexity index is 408. The monoisotopic (exact) mass is 270 g/mol. The molecule has 0 aromatic heterocycles. The van der Waals surface area contributed by atoms with E-state index in [1.807, 2.05) is 6.07 Å². The molecule has 0 heterocycles. The number of alkyl halides is 2. The Kier molecular flexibility index (Phi) is 4.96. The van der Waals surface area contributed by atoms with Gasteiger partial charge in [-0.2, -0.15) is 8.78 Å². The van der Waals surface area contributed by atoms with Crippen LogP contribution in [0.4, 0.5) is 8.78 Å². The average Bonchev–Trinajstić information content (AvgIpc) is 3.18. The fraction of sp³-hybridized carbons (Fsp3) is 0.571. The Morgan fingerprint density at radius 2 is 2.11 bits per heavy atom. The van der Waals surface area contributed by atoms with Crippen molar-refractivity contribution < 1.29 is 18.3 Å². The third kappa shape index (κ3) is 4.67. The molecule has 1 aromatic rings. The zero-order valence-corrected chi connectivity index (χ0v) is 10.9. The van der Waals surface area contributed by atoms with Gasteiger partial charge in [0.05, 0.1) is 7.11 Å². The molecule has 0 atom stereocenters. The van der Waals surface area contributed by atoms with Gasteiger partial charge in [-0.05, 0) is 24.1 Å². The van der Waals surface area contributed by atoms with Crippen molar-refractivity contribution in [2.45, 2.75) is 25.9 Å². The Balaban J connectivity index is 1.87. The quantitative estimate of drug-likeness (QED) is 0.676. The van der Waals surface area contributed by atoms with Crippen LogP contribution < -0.4 is 9.47 Å². The Hall–Kier alpha value is -1.36.